The molecule has 1 aromatic heterocycles. The van der Waals surface area contributed by atoms with E-state index in [1.807, 2.05) is 0 Å². The van der Waals surface area contributed by atoms with Crippen molar-refractivity contribution in [2.45, 2.75) is 12.7 Å². The highest BCUT2D eigenvalue weighted by Gasteiger charge is 2.27. The Kier molecular flexibility index (Phi) is 5.04. The molecule has 0 fully saturated rings. The molecule has 0 radical (unpaired) electrons. The number of carbonyl (C=O) groups is 1. The Morgan fingerprint density at radius 1 is 1.39 bits per heavy atom. The summed E-state index contributed by atoms with van der Waals surface area (Å²) in [5.74, 6) is 0.173. The van der Waals surface area contributed by atoms with Gasteiger partial charge in [0.1, 0.15) is 18.8 Å². The van der Waals surface area contributed by atoms with Crippen molar-refractivity contribution in [3.63, 3.8) is 0 Å². The van der Waals surface area contributed by atoms with E-state index in [9.17, 15) is 18.0 Å². The minimum absolute atomic E-state index is 0.137. The smallest absolute Gasteiger partial charge is 0.405 e. The van der Waals surface area contributed by atoms with Crippen molar-refractivity contribution in [2.24, 2.45) is 0 Å². The lowest BCUT2D eigenvalue weighted by Gasteiger charge is -2.10. The lowest BCUT2D eigenvalue weighted by molar-refractivity contribution is -0.138. The number of benzene rings is 1. The van der Waals surface area contributed by atoms with Gasteiger partial charge in [-0.3, -0.25) is 14.5 Å². The number of hydrogen-bond acceptors (Lipinski definition) is 4. The number of rotatable bonds is 5. The predicted octanol–water partition coefficient (Wildman–Crippen LogP) is 2.29. The number of methoxy groups -OCH3 is 1. The molecule has 1 amide bonds. The Balaban J connectivity index is 2.18. The van der Waals surface area contributed by atoms with Crippen LogP contribution in [0.25, 0.3) is 11.4 Å². The highest BCUT2D eigenvalue weighted by Crippen LogP contribution is 2.21. The molecule has 0 saturated carbocycles. The van der Waals surface area contributed by atoms with Gasteiger partial charge in [-0.1, -0.05) is 0 Å². The highest BCUT2D eigenvalue weighted by atomic mass is 32.1. The molecule has 0 spiro atoms. The molecule has 0 unspecified atom stereocenters. The van der Waals surface area contributed by atoms with Crippen molar-refractivity contribution in [1.82, 2.24) is 20.1 Å². The first kappa shape index (κ1) is 17.0. The molecule has 0 aliphatic carbocycles. The van der Waals surface area contributed by atoms with Gasteiger partial charge in [0.05, 0.1) is 7.11 Å². The largest absolute Gasteiger partial charge is 0.497 e. The van der Waals surface area contributed by atoms with Gasteiger partial charge in [0.15, 0.2) is 10.6 Å². The van der Waals surface area contributed by atoms with Gasteiger partial charge in [-0.05, 0) is 36.5 Å². The first-order chi connectivity index (χ1) is 10.8. The maximum atomic E-state index is 12.1. The second kappa shape index (κ2) is 6.82. The summed E-state index contributed by atoms with van der Waals surface area (Å²) in [6, 6.07) is 6.80. The van der Waals surface area contributed by atoms with E-state index >= 15 is 0 Å². The summed E-state index contributed by atoms with van der Waals surface area (Å²) < 4.78 is 42.9. The van der Waals surface area contributed by atoms with Crippen LogP contribution in [0.3, 0.4) is 0 Å². The van der Waals surface area contributed by atoms with Crippen LogP contribution in [-0.4, -0.2) is 40.5 Å². The van der Waals surface area contributed by atoms with Gasteiger partial charge >= 0.3 is 6.18 Å². The molecule has 10 heteroatoms. The van der Waals surface area contributed by atoms with Crippen molar-refractivity contribution in [3.05, 3.63) is 29.0 Å². The zero-order valence-corrected chi connectivity index (χ0v) is 12.8. The van der Waals surface area contributed by atoms with Crippen molar-refractivity contribution in [2.75, 3.05) is 13.7 Å². The zero-order chi connectivity index (χ0) is 17.0. The molecule has 2 aromatic rings. The van der Waals surface area contributed by atoms with Gasteiger partial charge in [0.25, 0.3) is 0 Å². The summed E-state index contributed by atoms with van der Waals surface area (Å²) in [7, 11) is 1.52. The molecular weight excluding hydrogens is 333 g/mol. The summed E-state index contributed by atoms with van der Waals surface area (Å²) >= 11 is 5.02. The van der Waals surface area contributed by atoms with E-state index in [1.165, 1.54) is 11.7 Å². The summed E-state index contributed by atoms with van der Waals surface area (Å²) in [6.07, 6.45) is -4.47. The maximum absolute atomic E-state index is 12.1. The second-order valence-electron chi connectivity index (χ2n) is 4.56. The number of H-pyrrole nitrogens is 1. The number of amides is 1. The average Bonchev–Trinajstić information content (AvgIpc) is 2.86. The van der Waals surface area contributed by atoms with E-state index < -0.39 is 18.6 Å². The van der Waals surface area contributed by atoms with Crippen LogP contribution in [0.5, 0.6) is 5.75 Å². The van der Waals surface area contributed by atoms with E-state index in [4.69, 9.17) is 17.0 Å². The van der Waals surface area contributed by atoms with Crippen molar-refractivity contribution >= 4 is 18.1 Å². The molecule has 0 saturated heterocycles. The quantitative estimate of drug-likeness (QED) is 0.815. The summed E-state index contributed by atoms with van der Waals surface area (Å²) in [5, 5.41) is 8.32. The van der Waals surface area contributed by atoms with Gasteiger partial charge in [-0.2, -0.15) is 18.3 Å². The SMILES string of the molecule is COc1ccc(-c2n[nH]c(=S)n2CC(=O)NCC(F)(F)F)cc1. The van der Waals surface area contributed by atoms with Gasteiger partial charge in [0, 0.05) is 5.56 Å². The normalized spacial score (nSPS) is 11.3. The highest BCUT2D eigenvalue weighted by molar-refractivity contribution is 7.71. The Hall–Kier alpha value is -2.36. The Morgan fingerprint density at radius 2 is 2.04 bits per heavy atom. The maximum Gasteiger partial charge on any atom is 0.405 e. The van der Waals surface area contributed by atoms with E-state index in [1.54, 1.807) is 29.6 Å². The fourth-order valence-corrected chi connectivity index (χ4v) is 2.02. The van der Waals surface area contributed by atoms with Crippen LogP contribution in [0.15, 0.2) is 24.3 Å². The number of nitrogens with one attached hydrogen (secondary N) is 2. The topological polar surface area (TPSA) is 71.9 Å². The average molecular weight is 346 g/mol. The second-order valence-corrected chi connectivity index (χ2v) is 4.95. The number of aromatic nitrogens is 3. The first-order valence-corrected chi connectivity index (χ1v) is 6.84. The molecule has 0 atom stereocenters. The molecule has 6 nitrogen and oxygen atoms in total. The third-order valence-corrected chi connectivity index (χ3v) is 3.21. The van der Waals surface area contributed by atoms with Crippen LogP contribution >= 0.6 is 12.2 Å². The molecule has 124 valence electrons. The summed E-state index contributed by atoms with van der Waals surface area (Å²) in [6.45, 7) is -1.76. The van der Waals surface area contributed by atoms with E-state index in [0.717, 1.165) is 0 Å². The van der Waals surface area contributed by atoms with Gasteiger partial charge < -0.3 is 10.1 Å². The molecule has 1 heterocycles. The molecule has 1 aromatic carbocycles. The number of ether oxygens (including phenoxy) is 1. The third kappa shape index (κ3) is 4.55. The van der Waals surface area contributed by atoms with Gasteiger partial charge in [-0.15, -0.1) is 0 Å². The lowest BCUT2D eigenvalue weighted by Crippen LogP contribution is -2.35. The molecule has 0 aliphatic heterocycles. The Bertz CT molecular complexity index is 737. The van der Waals surface area contributed by atoms with E-state index in [2.05, 4.69) is 10.2 Å². The van der Waals surface area contributed by atoms with Gasteiger partial charge in [-0.25, -0.2) is 0 Å². The van der Waals surface area contributed by atoms with E-state index in [0.29, 0.717) is 17.1 Å². The third-order valence-electron chi connectivity index (χ3n) is 2.89. The summed E-state index contributed by atoms with van der Waals surface area (Å²) in [4.78, 5) is 11.7. The first-order valence-electron chi connectivity index (χ1n) is 6.43. The summed E-state index contributed by atoms with van der Waals surface area (Å²) in [5.41, 5.74) is 0.641. The molecular formula is C13H13F3N4O2S. The number of halogens is 3. The van der Waals surface area contributed by atoms with Crippen LogP contribution in [0.2, 0.25) is 0 Å². The van der Waals surface area contributed by atoms with Gasteiger partial charge in [0.2, 0.25) is 5.91 Å². The fraction of sp³-hybridized carbons (Fsp3) is 0.308. The van der Waals surface area contributed by atoms with Crippen LogP contribution < -0.4 is 10.1 Å². The molecule has 23 heavy (non-hydrogen) atoms. The molecule has 0 bridgehead atoms. The van der Waals surface area contributed by atoms with Crippen molar-refractivity contribution in [3.8, 4) is 17.1 Å². The monoisotopic (exact) mass is 346 g/mol. The molecule has 2 rings (SSSR count). The standard InChI is InChI=1S/C13H13F3N4O2S/c1-22-9-4-2-8(3-5-9)11-18-19-12(23)20(11)6-10(21)17-7-13(14,15)16/h2-5H,6-7H2,1H3,(H,17,21)(H,19,23). The van der Waals surface area contributed by atoms with Crippen LogP contribution in [-0.2, 0) is 11.3 Å². The Labute approximate surface area is 134 Å². The zero-order valence-electron chi connectivity index (χ0n) is 12.0. The molecule has 0 aliphatic rings. The Morgan fingerprint density at radius 3 is 2.61 bits per heavy atom. The number of carbonyl (C=O) groups excluding carboxylic acids is 1. The number of hydrogen-bond donors (Lipinski definition) is 2. The minimum Gasteiger partial charge on any atom is -0.497 e. The minimum atomic E-state index is -4.47. The number of aromatic amines is 1. The van der Waals surface area contributed by atoms with Crippen molar-refractivity contribution < 1.29 is 22.7 Å². The van der Waals surface area contributed by atoms with Crippen LogP contribution in [0, 0.1) is 4.77 Å². The van der Waals surface area contributed by atoms with Crippen LogP contribution in [0.1, 0.15) is 0 Å². The predicted molar refractivity (Wildman–Crippen MR) is 78.5 cm³/mol. The van der Waals surface area contributed by atoms with Crippen LogP contribution in [0.4, 0.5) is 13.2 Å². The van der Waals surface area contributed by atoms with Crippen molar-refractivity contribution in [1.29, 1.82) is 0 Å². The number of nitrogens with zero attached hydrogens (tertiary/aromatic N) is 2. The van der Waals surface area contributed by atoms with E-state index in [-0.39, 0.29) is 11.3 Å². The lowest BCUT2D eigenvalue weighted by atomic mass is 10.2. The molecule has 2 N–H and O–H groups in total. The number of alkyl halides is 3. The fourth-order valence-electron chi connectivity index (χ4n) is 1.82.